The summed E-state index contributed by atoms with van der Waals surface area (Å²) >= 11 is 0. The van der Waals surface area contributed by atoms with Gasteiger partial charge < -0.3 is 15.9 Å². The normalized spacial score (nSPS) is 12.9. The number of hydrogen-bond donors (Lipinski definition) is 3. The van der Waals surface area contributed by atoms with Crippen molar-refractivity contribution in [1.29, 1.82) is 0 Å². The molecular formula is C8H11NO2. The summed E-state index contributed by atoms with van der Waals surface area (Å²) in [6.45, 7) is 0.199. The van der Waals surface area contributed by atoms with Crippen LogP contribution in [0, 0.1) is 0 Å². The van der Waals surface area contributed by atoms with Crippen molar-refractivity contribution >= 4 is 0 Å². The summed E-state index contributed by atoms with van der Waals surface area (Å²) in [7, 11) is 0. The minimum atomic E-state index is -0.629. The van der Waals surface area contributed by atoms with Crippen LogP contribution in [0.4, 0.5) is 0 Å². The average molecular weight is 153 g/mol. The Balaban J connectivity index is 2.81. The topological polar surface area (TPSA) is 66.5 Å². The number of nitrogens with two attached hydrogens (primary N) is 1. The fourth-order valence-corrected chi connectivity index (χ4v) is 0.833. The number of phenols is 1. The second-order valence-electron chi connectivity index (χ2n) is 2.34. The molecule has 1 aromatic carbocycles. The maximum absolute atomic E-state index is 9.21. The van der Waals surface area contributed by atoms with Gasteiger partial charge in [-0.05, 0) is 17.7 Å². The standard InChI is InChI=1S/C8H11NO2/c9-5-8(11)6-1-3-7(10)4-2-6/h1-4,8,10-11H,5,9H2/t8-/m0/s1. The van der Waals surface area contributed by atoms with Gasteiger partial charge in [-0.1, -0.05) is 12.1 Å². The molecule has 0 heterocycles. The molecule has 11 heavy (non-hydrogen) atoms. The number of phenolic OH excluding ortho intramolecular Hbond substituents is 1. The molecule has 0 spiro atoms. The van der Waals surface area contributed by atoms with Gasteiger partial charge in [0.15, 0.2) is 0 Å². The van der Waals surface area contributed by atoms with Gasteiger partial charge in [0.05, 0.1) is 6.10 Å². The summed E-state index contributed by atoms with van der Waals surface area (Å²) in [5, 5.41) is 18.1. The molecule has 0 unspecified atom stereocenters. The lowest BCUT2D eigenvalue weighted by molar-refractivity contribution is 0.186. The van der Waals surface area contributed by atoms with Gasteiger partial charge in [-0.3, -0.25) is 0 Å². The molecule has 4 N–H and O–H groups in total. The van der Waals surface area contributed by atoms with Crippen LogP contribution in [0.5, 0.6) is 5.75 Å². The van der Waals surface area contributed by atoms with E-state index in [9.17, 15) is 5.11 Å². The molecule has 3 heteroatoms. The highest BCUT2D eigenvalue weighted by atomic mass is 16.3. The van der Waals surface area contributed by atoms with Gasteiger partial charge in [0, 0.05) is 6.54 Å². The van der Waals surface area contributed by atoms with Gasteiger partial charge in [-0.2, -0.15) is 0 Å². The molecule has 0 fully saturated rings. The smallest absolute Gasteiger partial charge is 0.115 e. The first-order valence-corrected chi connectivity index (χ1v) is 3.41. The lowest BCUT2D eigenvalue weighted by Gasteiger charge is -2.06. The predicted octanol–water partition coefficient (Wildman–Crippen LogP) is 0.384. The molecule has 1 rings (SSSR count). The molecule has 0 aliphatic rings. The van der Waals surface area contributed by atoms with Crippen LogP contribution in [0.15, 0.2) is 24.3 Å². The van der Waals surface area contributed by atoms with E-state index in [2.05, 4.69) is 0 Å². The van der Waals surface area contributed by atoms with Crippen molar-refractivity contribution < 1.29 is 10.2 Å². The average Bonchev–Trinajstić information content (AvgIpc) is 2.05. The van der Waals surface area contributed by atoms with Crippen molar-refractivity contribution in [1.82, 2.24) is 0 Å². The van der Waals surface area contributed by atoms with E-state index in [4.69, 9.17) is 10.8 Å². The lowest BCUT2D eigenvalue weighted by Crippen LogP contribution is -2.10. The van der Waals surface area contributed by atoms with E-state index in [0.29, 0.717) is 0 Å². The third-order valence-electron chi connectivity index (χ3n) is 1.50. The van der Waals surface area contributed by atoms with Crippen molar-refractivity contribution in [3.8, 4) is 5.75 Å². The first-order valence-electron chi connectivity index (χ1n) is 3.41. The van der Waals surface area contributed by atoms with Gasteiger partial charge in [-0.15, -0.1) is 0 Å². The Hall–Kier alpha value is -1.06. The Bertz CT molecular complexity index is 220. The summed E-state index contributed by atoms with van der Waals surface area (Å²) in [6.07, 6.45) is -0.629. The molecule has 1 atom stereocenters. The zero-order valence-electron chi connectivity index (χ0n) is 6.07. The van der Waals surface area contributed by atoms with E-state index >= 15 is 0 Å². The Labute approximate surface area is 65.1 Å². The molecule has 0 saturated heterocycles. The van der Waals surface area contributed by atoms with Gasteiger partial charge in [0.2, 0.25) is 0 Å². The zero-order valence-corrected chi connectivity index (χ0v) is 6.07. The number of rotatable bonds is 2. The highest BCUT2D eigenvalue weighted by Crippen LogP contribution is 2.15. The summed E-state index contributed by atoms with van der Waals surface area (Å²) in [6, 6.07) is 6.34. The molecule has 3 nitrogen and oxygen atoms in total. The molecule has 1 aromatic rings. The highest BCUT2D eigenvalue weighted by Gasteiger charge is 2.02. The Morgan fingerprint density at radius 1 is 1.27 bits per heavy atom. The summed E-state index contributed by atoms with van der Waals surface area (Å²) in [5.74, 6) is 0.193. The van der Waals surface area contributed by atoms with Crippen LogP contribution in [-0.2, 0) is 0 Å². The number of aromatic hydroxyl groups is 1. The van der Waals surface area contributed by atoms with Crippen LogP contribution >= 0.6 is 0 Å². The maximum Gasteiger partial charge on any atom is 0.115 e. The first-order chi connectivity index (χ1) is 5.24. The van der Waals surface area contributed by atoms with E-state index in [0.717, 1.165) is 5.56 Å². The van der Waals surface area contributed by atoms with Gasteiger partial charge in [0.25, 0.3) is 0 Å². The first kappa shape index (κ1) is 8.04. The number of benzene rings is 1. The molecule has 0 bridgehead atoms. The molecule has 0 saturated carbocycles. The van der Waals surface area contributed by atoms with E-state index in [1.165, 1.54) is 12.1 Å². The SMILES string of the molecule is NC[C@H](O)c1ccc(O)cc1. The molecule has 60 valence electrons. The highest BCUT2D eigenvalue weighted by molar-refractivity contribution is 5.27. The van der Waals surface area contributed by atoms with E-state index in [-0.39, 0.29) is 12.3 Å². The Morgan fingerprint density at radius 3 is 2.27 bits per heavy atom. The largest absolute Gasteiger partial charge is 0.508 e. The maximum atomic E-state index is 9.21. The number of aliphatic hydroxyl groups excluding tert-OH is 1. The quantitative estimate of drug-likeness (QED) is 0.575. The van der Waals surface area contributed by atoms with Crippen molar-refractivity contribution in [2.45, 2.75) is 6.10 Å². The van der Waals surface area contributed by atoms with E-state index in [1.807, 2.05) is 0 Å². The third-order valence-corrected chi connectivity index (χ3v) is 1.50. The van der Waals surface area contributed by atoms with Gasteiger partial charge in [0.1, 0.15) is 5.75 Å². The van der Waals surface area contributed by atoms with Gasteiger partial charge in [-0.25, -0.2) is 0 Å². The molecule has 0 aliphatic carbocycles. The van der Waals surface area contributed by atoms with E-state index in [1.54, 1.807) is 12.1 Å². The van der Waals surface area contributed by atoms with Crippen molar-refractivity contribution in [2.75, 3.05) is 6.54 Å². The Kier molecular flexibility index (Phi) is 2.46. The molecule has 0 amide bonds. The minimum absolute atomic E-state index is 0.193. The fourth-order valence-electron chi connectivity index (χ4n) is 0.833. The molecule has 0 aromatic heterocycles. The molecule has 0 aliphatic heterocycles. The van der Waals surface area contributed by atoms with Crippen LogP contribution in [0.3, 0.4) is 0 Å². The minimum Gasteiger partial charge on any atom is -0.508 e. The predicted molar refractivity (Wildman–Crippen MR) is 42.1 cm³/mol. The summed E-state index contributed by atoms with van der Waals surface area (Å²) < 4.78 is 0. The van der Waals surface area contributed by atoms with Crippen LogP contribution in [0.1, 0.15) is 11.7 Å². The van der Waals surface area contributed by atoms with Crippen molar-refractivity contribution in [2.24, 2.45) is 5.73 Å². The summed E-state index contributed by atoms with van der Waals surface area (Å²) in [5.41, 5.74) is 5.96. The van der Waals surface area contributed by atoms with Crippen LogP contribution in [0.2, 0.25) is 0 Å². The van der Waals surface area contributed by atoms with Crippen LogP contribution < -0.4 is 5.73 Å². The van der Waals surface area contributed by atoms with Crippen molar-refractivity contribution in [3.05, 3.63) is 29.8 Å². The second kappa shape index (κ2) is 3.37. The van der Waals surface area contributed by atoms with Gasteiger partial charge >= 0.3 is 0 Å². The lowest BCUT2D eigenvalue weighted by atomic mass is 10.1. The zero-order chi connectivity index (χ0) is 8.27. The van der Waals surface area contributed by atoms with E-state index < -0.39 is 6.10 Å². The van der Waals surface area contributed by atoms with Crippen LogP contribution in [0.25, 0.3) is 0 Å². The molecule has 0 radical (unpaired) electrons. The Morgan fingerprint density at radius 2 is 1.82 bits per heavy atom. The second-order valence-corrected chi connectivity index (χ2v) is 2.34. The third kappa shape index (κ3) is 1.93. The summed E-state index contributed by atoms with van der Waals surface area (Å²) in [4.78, 5) is 0. The van der Waals surface area contributed by atoms with Crippen molar-refractivity contribution in [3.63, 3.8) is 0 Å². The van der Waals surface area contributed by atoms with Crippen LogP contribution in [-0.4, -0.2) is 16.8 Å². The fraction of sp³-hybridized carbons (Fsp3) is 0.250. The number of aliphatic hydroxyl groups is 1. The monoisotopic (exact) mass is 153 g/mol. The molecular weight excluding hydrogens is 142 g/mol. The number of hydrogen-bond acceptors (Lipinski definition) is 3.